The molecule has 22 heavy (non-hydrogen) atoms. The fourth-order valence-electron chi connectivity index (χ4n) is 3.38. The van der Waals surface area contributed by atoms with Crippen LogP contribution in [0.4, 0.5) is 14.6 Å². The smallest absolute Gasteiger partial charge is 0.267 e. The first-order valence-electron chi connectivity index (χ1n) is 7.30. The molecule has 0 aliphatic carbocycles. The van der Waals surface area contributed by atoms with Gasteiger partial charge in [0.25, 0.3) is 6.43 Å². The summed E-state index contributed by atoms with van der Waals surface area (Å²) < 4.78 is 25.9. The Hall–Kier alpha value is -1.50. The lowest BCUT2D eigenvalue weighted by molar-refractivity contribution is -0.130. The summed E-state index contributed by atoms with van der Waals surface area (Å²) in [5.74, 6) is 0.918. The second kappa shape index (κ2) is 5.95. The molecule has 2 saturated heterocycles. The number of alkyl halides is 2. The molecule has 120 valence electrons. The molecule has 5 nitrogen and oxygen atoms in total. The number of hydrogen-bond donors (Lipinski definition) is 0. The highest BCUT2D eigenvalue weighted by Gasteiger charge is 2.40. The van der Waals surface area contributed by atoms with E-state index < -0.39 is 6.43 Å². The normalized spacial score (nSPS) is 24.8. The van der Waals surface area contributed by atoms with E-state index >= 15 is 0 Å². The zero-order valence-electron chi connectivity index (χ0n) is 12.2. The lowest BCUT2D eigenvalue weighted by Crippen LogP contribution is -2.49. The third-order valence-corrected chi connectivity index (χ3v) is 4.89. The molecule has 0 bridgehead atoms. The summed E-state index contributed by atoms with van der Waals surface area (Å²) in [6.45, 7) is 3.66. The molecular formula is C14H17ClF2N4O. The zero-order valence-corrected chi connectivity index (χ0v) is 12.9. The number of carbonyl (C=O) groups excluding carboxylic acids is 1. The average molecular weight is 331 g/mol. The van der Waals surface area contributed by atoms with Crippen molar-refractivity contribution in [3.63, 3.8) is 0 Å². The molecule has 2 aliphatic rings. The predicted octanol–water partition coefficient (Wildman–Crippen LogP) is 2.51. The molecule has 0 N–H and O–H groups in total. The van der Waals surface area contributed by atoms with Crippen LogP contribution < -0.4 is 4.90 Å². The van der Waals surface area contributed by atoms with Gasteiger partial charge in [0.1, 0.15) is 0 Å². The van der Waals surface area contributed by atoms with Gasteiger partial charge in [-0.3, -0.25) is 4.79 Å². The molecule has 3 rings (SSSR count). The summed E-state index contributed by atoms with van der Waals surface area (Å²) in [6, 6.07) is 1.42. The van der Waals surface area contributed by atoms with Crippen molar-refractivity contribution in [2.45, 2.75) is 32.2 Å². The third-order valence-electron chi connectivity index (χ3n) is 4.60. The third kappa shape index (κ3) is 2.74. The van der Waals surface area contributed by atoms with Crippen LogP contribution in [0.2, 0.25) is 5.15 Å². The molecule has 1 amide bonds. The van der Waals surface area contributed by atoms with E-state index in [-0.39, 0.29) is 22.7 Å². The zero-order chi connectivity index (χ0) is 15.9. The number of amides is 1. The Labute approximate surface area is 132 Å². The Bertz CT molecular complexity index is 586. The molecule has 0 saturated carbocycles. The van der Waals surface area contributed by atoms with Gasteiger partial charge in [-0.15, -0.1) is 10.2 Å². The Kier molecular flexibility index (Phi) is 4.16. The molecule has 3 heterocycles. The average Bonchev–Trinajstić information content (AvgIpc) is 2.90. The molecule has 2 aliphatic heterocycles. The van der Waals surface area contributed by atoms with E-state index in [0.717, 1.165) is 25.9 Å². The summed E-state index contributed by atoms with van der Waals surface area (Å²) in [5.41, 5.74) is -0.297. The molecule has 1 aromatic rings. The lowest BCUT2D eigenvalue weighted by atomic mass is 9.92. The molecule has 2 atom stereocenters. The number of hydrogen-bond acceptors (Lipinski definition) is 4. The van der Waals surface area contributed by atoms with E-state index in [4.69, 9.17) is 11.6 Å². The highest BCUT2D eigenvalue weighted by atomic mass is 35.5. The van der Waals surface area contributed by atoms with E-state index in [2.05, 4.69) is 10.2 Å². The van der Waals surface area contributed by atoms with Gasteiger partial charge in [0.05, 0.1) is 11.6 Å². The molecule has 8 heteroatoms. The van der Waals surface area contributed by atoms with Crippen LogP contribution in [0.5, 0.6) is 0 Å². The number of rotatable bonds is 2. The maximum absolute atomic E-state index is 13.0. The van der Waals surface area contributed by atoms with Gasteiger partial charge in [-0.25, -0.2) is 8.78 Å². The topological polar surface area (TPSA) is 49.3 Å². The first kappa shape index (κ1) is 15.4. The van der Waals surface area contributed by atoms with E-state index in [1.807, 2.05) is 4.90 Å². The van der Waals surface area contributed by atoms with E-state index in [9.17, 15) is 13.6 Å². The second-order valence-corrected chi connectivity index (χ2v) is 6.17. The predicted molar refractivity (Wildman–Crippen MR) is 78.1 cm³/mol. The minimum atomic E-state index is -2.68. The maximum atomic E-state index is 13.0. The Balaban J connectivity index is 1.85. The van der Waals surface area contributed by atoms with Crippen molar-refractivity contribution in [1.82, 2.24) is 15.1 Å². The molecule has 2 fully saturated rings. The molecule has 1 aromatic heterocycles. The van der Waals surface area contributed by atoms with Gasteiger partial charge >= 0.3 is 0 Å². The second-order valence-electron chi connectivity index (χ2n) is 5.81. The van der Waals surface area contributed by atoms with E-state index in [1.165, 1.54) is 6.07 Å². The number of anilines is 1. The van der Waals surface area contributed by atoms with Crippen molar-refractivity contribution in [3.05, 3.63) is 16.8 Å². The lowest BCUT2D eigenvalue weighted by Gasteiger charge is -2.38. The first-order chi connectivity index (χ1) is 10.5. The van der Waals surface area contributed by atoms with Crippen molar-refractivity contribution in [2.75, 3.05) is 24.5 Å². The van der Waals surface area contributed by atoms with E-state index in [0.29, 0.717) is 18.3 Å². The van der Waals surface area contributed by atoms with Crippen LogP contribution in [-0.4, -0.2) is 46.7 Å². The van der Waals surface area contributed by atoms with Gasteiger partial charge in [0.15, 0.2) is 11.0 Å². The van der Waals surface area contributed by atoms with Crippen LogP contribution in [0, 0.1) is 5.92 Å². The number of carbonyl (C=O) groups is 1. The van der Waals surface area contributed by atoms with Crippen LogP contribution in [0.3, 0.4) is 0 Å². The summed E-state index contributed by atoms with van der Waals surface area (Å²) in [7, 11) is 0. The molecule has 0 aromatic carbocycles. The van der Waals surface area contributed by atoms with Crippen LogP contribution in [0.25, 0.3) is 0 Å². The minimum absolute atomic E-state index is 0.0424. The molecule has 0 spiro atoms. The Morgan fingerprint density at radius 1 is 1.36 bits per heavy atom. The van der Waals surface area contributed by atoms with Crippen molar-refractivity contribution in [2.24, 2.45) is 5.92 Å². The fraction of sp³-hybridized carbons (Fsp3) is 0.643. The standard InChI is InChI=1S/C14H17ClF2N4O/c1-8(22)20-4-2-9-3-5-21(11(9)7-20)12-6-10(14(16)17)13(15)19-18-12/h6,9,11,14H,2-5,7H2,1H3. The van der Waals surface area contributed by atoms with Crippen LogP contribution in [0.15, 0.2) is 6.07 Å². The van der Waals surface area contributed by atoms with Crippen molar-refractivity contribution in [1.29, 1.82) is 0 Å². The number of likely N-dealkylation sites (tertiary alicyclic amines) is 1. The van der Waals surface area contributed by atoms with Gasteiger partial charge in [-0.2, -0.15) is 0 Å². The SMILES string of the molecule is CC(=O)N1CCC2CCN(c3cc(C(F)F)c(Cl)nn3)C2C1. The quantitative estimate of drug-likeness (QED) is 0.836. The first-order valence-corrected chi connectivity index (χ1v) is 7.68. The van der Waals surface area contributed by atoms with Crippen LogP contribution in [-0.2, 0) is 4.79 Å². The summed E-state index contributed by atoms with van der Waals surface area (Å²) in [5, 5.41) is 7.36. The van der Waals surface area contributed by atoms with Gasteiger partial charge in [0.2, 0.25) is 5.91 Å². The highest BCUT2D eigenvalue weighted by molar-refractivity contribution is 6.30. The van der Waals surface area contributed by atoms with Crippen molar-refractivity contribution in [3.8, 4) is 0 Å². The number of piperidine rings is 1. The maximum Gasteiger partial charge on any atom is 0.267 e. The Morgan fingerprint density at radius 2 is 2.09 bits per heavy atom. The number of halogens is 3. The molecule has 2 unspecified atom stereocenters. The highest BCUT2D eigenvalue weighted by Crippen LogP contribution is 2.36. The molecular weight excluding hydrogens is 314 g/mol. The largest absolute Gasteiger partial charge is 0.350 e. The summed E-state index contributed by atoms with van der Waals surface area (Å²) in [4.78, 5) is 15.4. The van der Waals surface area contributed by atoms with Gasteiger partial charge < -0.3 is 9.80 Å². The summed E-state index contributed by atoms with van der Waals surface area (Å²) in [6.07, 6.45) is -0.769. The van der Waals surface area contributed by atoms with Gasteiger partial charge in [0, 0.05) is 26.6 Å². The van der Waals surface area contributed by atoms with Gasteiger partial charge in [-0.05, 0) is 24.8 Å². The van der Waals surface area contributed by atoms with E-state index in [1.54, 1.807) is 11.8 Å². The minimum Gasteiger partial charge on any atom is -0.350 e. The number of nitrogens with zero attached hydrogens (tertiary/aromatic N) is 4. The van der Waals surface area contributed by atoms with Crippen LogP contribution >= 0.6 is 11.6 Å². The Morgan fingerprint density at radius 3 is 2.77 bits per heavy atom. The van der Waals surface area contributed by atoms with Crippen molar-refractivity contribution >= 4 is 23.3 Å². The van der Waals surface area contributed by atoms with Crippen molar-refractivity contribution < 1.29 is 13.6 Å². The fourth-order valence-corrected chi connectivity index (χ4v) is 3.56. The number of fused-ring (bicyclic) bond motifs is 1. The van der Waals surface area contributed by atoms with Gasteiger partial charge in [-0.1, -0.05) is 11.6 Å². The summed E-state index contributed by atoms with van der Waals surface area (Å²) >= 11 is 5.67. The van der Waals surface area contributed by atoms with Crippen LogP contribution in [0.1, 0.15) is 31.8 Å². The number of aromatic nitrogens is 2. The monoisotopic (exact) mass is 330 g/mol. The molecule has 0 radical (unpaired) electrons.